The summed E-state index contributed by atoms with van der Waals surface area (Å²) in [6.07, 6.45) is 1.79. The van der Waals surface area contributed by atoms with Crippen molar-refractivity contribution < 1.29 is 19.0 Å². The first kappa shape index (κ1) is 33.7. The Bertz CT molecular complexity index is 2290. The van der Waals surface area contributed by atoms with Crippen molar-refractivity contribution in [3.05, 3.63) is 148 Å². The highest BCUT2D eigenvalue weighted by Gasteiger charge is 2.32. The van der Waals surface area contributed by atoms with E-state index in [1.165, 1.54) is 11.3 Å². The van der Waals surface area contributed by atoms with Crippen molar-refractivity contribution in [3.63, 3.8) is 0 Å². The number of halogens is 1. The van der Waals surface area contributed by atoms with E-state index in [0.29, 0.717) is 55.7 Å². The normalized spacial score (nSPS) is 14.0. The van der Waals surface area contributed by atoms with Crippen molar-refractivity contribution in [2.24, 2.45) is 4.99 Å². The Labute approximate surface area is 300 Å². The van der Waals surface area contributed by atoms with E-state index >= 15 is 0 Å². The van der Waals surface area contributed by atoms with Crippen LogP contribution in [0.4, 0.5) is 5.69 Å². The highest BCUT2D eigenvalue weighted by Crippen LogP contribution is 2.35. The number of methoxy groups -OCH3 is 1. The van der Waals surface area contributed by atoms with Gasteiger partial charge in [0.25, 0.3) is 11.5 Å². The maximum absolute atomic E-state index is 14.2. The number of nitrogens with zero attached hydrogens (tertiary/aromatic N) is 3. The Morgan fingerprint density at radius 1 is 1.06 bits per heavy atom. The van der Waals surface area contributed by atoms with E-state index in [4.69, 9.17) is 19.2 Å². The third kappa shape index (κ3) is 7.16. The van der Waals surface area contributed by atoms with Crippen molar-refractivity contribution >= 4 is 51.6 Å². The first-order valence-electron chi connectivity index (χ1n) is 15.4. The summed E-state index contributed by atoms with van der Waals surface area (Å²) in [4.78, 5) is 33.3. The van der Waals surface area contributed by atoms with E-state index in [1.807, 2.05) is 85.8 Å². The van der Waals surface area contributed by atoms with Crippen LogP contribution < -0.4 is 34.4 Å². The summed E-state index contributed by atoms with van der Waals surface area (Å²) in [6, 6.07) is 29.1. The highest BCUT2D eigenvalue weighted by atomic mass is 127. The molecule has 1 N–H and O–H groups in total. The van der Waals surface area contributed by atoms with Crippen LogP contribution in [0.25, 0.3) is 6.08 Å². The van der Waals surface area contributed by atoms with Gasteiger partial charge < -0.3 is 19.5 Å². The fourth-order valence-corrected chi connectivity index (χ4v) is 7.41. The topological polar surface area (TPSA) is 115 Å². The fraction of sp³-hybridized carbons (Fsp3) is 0.158. The van der Waals surface area contributed by atoms with Crippen LogP contribution in [0.5, 0.6) is 17.2 Å². The molecule has 0 unspecified atom stereocenters. The van der Waals surface area contributed by atoms with Gasteiger partial charge in [0.15, 0.2) is 16.3 Å². The van der Waals surface area contributed by atoms with Crippen molar-refractivity contribution in [1.29, 1.82) is 5.26 Å². The number of anilines is 1. The van der Waals surface area contributed by atoms with Crippen LogP contribution in [-0.2, 0) is 11.4 Å². The number of carbonyl (C=O) groups is 1. The van der Waals surface area contributed by atoms with Gasteiger partial charge in [0.05, 0.1) is 50.8 Å². The lowest BCUT2D eigenvalue weighted by Crippen LogP contribution is -2.40. The van der Waals surface area contributed by atoms with Crippen LogP contribution in [-0.4, -0.2) is 24.2 Å². The first-order chi connectivity index (χ1) is 23.8. The minimum absolute atomic E-state index is 0.194. The first-order valence-corrected chi connectivity index (χ1v) is 17.3. The SMILES string of the molecule is CCOc1ccc([C@@H]2C(C(=O)Nc3ccccc3)=C(C)N=c3s/c(=C\c4cc(I)c(OCc5ccccc5C#N)c(OC)c4)c(=O)n32)cc1. The molecule has 0 spiro atoms. The Kier molecular flexibility index (Phi) is 10.3. The molecule has 1 amide bonds. The van der Waals surface area contributed by atoms with Gasteiger partial charge in [-0.15, -0.1) is 0 Å². The van der Waals surface area contributed by atoms with Gasteiger partial charge >= 0.3 is 0 Å². The zero-order valence-corrected chi connectivity index (χ0v) is 29.9. The third-order valence-electron chi connectivity index (χ3n) is 7.86. The minimum Gasteiger partial charge on any atom is -0.494 e. The van der Waals surface area contributed by atoms with Gasteiger partial charge in [0.2, 0.25) is 0 Å². The highest BCUT2D eigenvalue weighted by molar-refractivity contribution is 14.1. The molecule has 1 aromatic heterocycles. The van der Waals surface area contributed by atoms with Gasteiger partial charge in [0.1, 0.15) is 12.4 Å². The predicted molar refractivity (Wildman–Crippen MR) is 198 cm³/mol. The van der Waals surface area contributed by atoms with Crippen molar-refractivity contribution in [1.82, 2.24) is 4.57 Å². The smallest absolute Gasteiger partial charge is 0.271 e. The number of aromatic nitrogens is 1. The van der Waals surface area contributed by atoms with Crippen LogP contribution in [0.1, 0.15) is 42.1 Å². The third-order valence-corrected chi connectivity index (χ3v) is 9.65. The summed E-state index contributed by atoms with van der Waals surface area (Å²) in [6.45, 7) is 4.42. The number of ether oxygens (including phenoxy) is 3. The largest absolute Gasteiger partial charge is 0.494 e. The number of para-hydroxylation sites is 1. The van der Waals surface area contributed by atoms with Gasteiger partial charge in [-0.3, -0.25) is 14.2 Å². The molecule has 0 bridgehead atoms. The number of thiazole rings is 1. The molecule has 11 heteroatoms. The maximum Gasteiger partial charge on any atom is 0.271 e. The van der Waals surface area contributed by atoms with Crippen molar-refractivity contribution in [2.45, 2.75) is 26.5 Å². The Morgan fingerprint density at radius 2 is 1.80 bits per heavy atom. The molecule has 1 aliphatic heterocycles. The van der Waals surface area contributed by atoms with E-state index in [2.05, 4.69) is 34.0 Å². The van der Waals surface area contributed by atoms with E-state index in [0.717, 1.165) is 20.3 Å². The molecule has 49 heavy (non-hydrogen) atoms. The maximum atomic E-state index is 14.2. The number of fused-ring (bicyclic) bond motifs is 1. The molecule has 1 aliphatic rings. The van der Waals surface area contributed by atoms with Crippen LogP contribution in [0, 0.1) is 14.9 Å². The summed E-state index contributed by atoms with van der Waals surface area (Å²) in [5, 5.41) is 12.4. The quantitative estimate of drug-likeness (QED) is 0.166. The number of rotatable bonds is 10. The summed E-state index contributed by atoms with van der Waals surface area (Å²) < 4.78 is 20.3. The molecule has 9 nitrogen and oxygen atoms in total. The van der Waals surface area contributed by atoms with Crippen LogP contribution in [0.2, 0.25) is 0 Å². The second-order valence-electron chi connectivity index (χ2n) is 11.0. The average molecular weight is 783 g/mol. The number of benzene rings is 4. The molecule has 0 saturated carbocycles. The number of allylic oxidation sites excluding steroid dienone is 1. The lowest BCUT2D eigenvalue weighted by molar-refractivity contribution is -0.113. The van der Waals surface area contributed by atoms with Gasteiger partial charge in [-0.25, -0.2) is 4.99 Å². The van der Waals surface area contributed by atoms with Gasteiger partial charge in [0, 0.05) is 11.3 Å². The number of nitriles is 1. The van der Waals surface area contributed by atoms with E-state index < -0.39 is 6.04 Å². The second kappa shape index (κ2) is 14.9. The van der Waals surface area contributed by atoms with Crippen LogP contribution in [0.3, 0.4) is 0 Å². The number of nitrogens with one attached hydrogen (secondary N) is 1. The zero-order valence-electron chi connectivity index (χ0n) is 26.9. The molecule has 6 rings (SSSR count). The van der Waals surface area contributed by atoms with E-state index in [1.54, 1.807) is 36.8 Å². The number of hydrogen-bond acceptors (Lipinski definition) is 8. The molecule has 246 valence electrons. The molecule has 2 heterocycles. The van der Waals surface area contributed by atoms with Gasteiger partial charge in [-0.2, -0.15) is 5.26 Å². The Hall–Kier alpha value is -5.19. The van der Waals surface area contributed by atoms with Crippen molar-refractivity contribution in [3.8, 4) is 23.3 Å². The standard InChI is InChI=1S/C38H31IN4O5S/c1-4-47-29-16-14-25(15-17-29)34-33(36(44)42-28-12-6-5-7-13-28)23(2)41-38-43(34)37(45)32(49-38)20-24-18-30(39)35(31(19-24)46-3)48-22-27-11-9-8-10-26(27)21-40/h5-20,34H,4,22H2,1-3H3,(H,42,44)/b32-20-/t34-/m1/s1. The van der Waals surface area contributed by atoms with Crippen LogP contribution >= 0.6 is 33.9 Å². The van der Waals surface area contributed by atoms with Gasteiger partial charge in [-0.1, -0.05) is 59.9 Å². The fourth-order valence-electron chi connectivity index (χ4n) is 5.58. The summed E-state index contributed by atoms with van der Waals surface area (Å²) >= 11 is 3.43. The summed E-state index contributed by atoms with van der Waals surface area (Å²) in [5.41, 5.74) is 4.05. The molecule has 5 aromatic rings. The predicted octanol–water partition coefficient (Wildman–Crippen LogP) is 6.34. The number of hydrogen-bond donors (Lipinski definition) is 1. The van der Waals surface area contributed by atoms with Crippen molar-refractivity contribution in [2.75, 3.05) is 19.0 Å². The molecule has 1 atom stereocenters. The Balaban J connectivity index is 1.40. The summed E-state index contributed by atoms with van der Waals surface area (Å²) in [5.74, 6) is 1.38. The number of carbonyl (C=O) groups excluding carboxylic acids is 1. The molecule has 0 fully saturated rings. The molecule has 4 aromatic carbocycles. The zero-order chi connectivity index (χ0) is 34.5. The van der Waals surface area contributed by atoms with Gasteiger partial charge in [-0.05, 0) is 96.1 Å². The monoisotopic (exact) mass is 782 g/mol. The van der Waals surface area contributed by atoms with E-state index in [-0.39, 0.29) is 18.1 Å². The molecular weight excluding hydrogens is 751 g/mol. The number of amides is 1. The van der Waals surface area contributed by atoms with E-state index in [9.17, 15) is 14.9 Å². The summed E-state index contributed by atoms with van der Waals surface area (Å²) in [7, 11) is 1.56. The second-order valence-corrected chi connectivity index (χ2v) is 13.2. The molecular formula is C38H31IN4O5S. The molecule has 0 aliphatic carbocycles. The minimum atomic E-state index is -0.723. The lowest BCUT2D eigenvalue weighted by Gasteiger charge is -2.25. The molecule has 0 radical (unpaired) electrons. The van der Waals surface area contributed by atoms with Crippen LogP contribution in [0.15, 0.2) is 112 Å². The average Bonchev–Trinajstić information content (AvgIpc) is 3.41. The molecule has 0 saturated heterocycles. The lowest BCUT2D eigenvalue weighted by atomic mass is 9.95. The Morgan fingerprint density at radius 3 is 2.51 bits per heavy atom.